The van der Waals surface area contributed by atoms with Gasteiger partial charge in [0, 0.05) is 25.7 Å². The lowest BCUT2D eigenvalue weighted by molar-refractivity contribution is -0.385. The number of nitrogens with zero attached hydrogens (tertiary/aromatic N) is 2. The van der Waals surface area contributed by atoms with Crippen molar-refractivity contribution >= 4 is 21.6 Å². The summed E-state index contributed by atoms with van der Waals surface area (Å²) >= 11 is 3.18. The van der Waals surface area contributed by atoms with E-state index < -0.39 is 4.92 Å². The molecule has 0 amide bonds. The number of hydrogen-bond donors (Lipinski definition) is 1. The summed E-state index contributed by atoms with van der Waals surface area (Å²) in [4.78, 5) is 12.7. The van der Waals surface area contributed by atoms with Gasteiger partial charge in [-0.1, -0.05) is 6.07 Å². The zero-order valence-electron chi connectivity index (χ0n) is 11.2. The average Bonchev–Trinajstić information content (AvgIpc) is 2.40. The third-order valence-corrected chi connectivity index (χ3v) is 3.89. The summed E-state index contributed by atoms with van der Waals surface area (Å²) in [6.45, 7) is 3.93. The van der Waals surface area contributed by atoms with Crippen LogP contribution >= 0.6 is 15.9 Å². The molecule has 1 aromatic rings. The van der Waals surface area contributed by atoms with E-state index in [0.717, 1.165) is 12.1 Å². The van der Waals surface area contributed by atoms with E-state index in [-0.39, 0.29) is 24.5 Å². The van der Waals surface area contributed by atoms with Gasteiger partial charge in [-0.3, -0.25) is 15.0 Å². The maximum atomic E-state index is 10.9. The maximum absolute atomic E-state index is 10.9. The fraction of sp³-hybridized carbons (Fsp3) is 0.538. The molecule has 7 heteroatoms. The minimum absolute atomic E-state index is 0.0126. The van der Waals surface area contributed by atoms with Gasteiger partial charge in [0.1, 0.15) is 0 Å². The molecule has 110 valence electrons. The van der Waals surface area contributed by atoms with Gasteiger partial charge >= 0.3 is 0 Å². The molecule has 1 aliphatic heterocycles. The number of nitro groups is 1. The normalized spacial score (nSPS) is 23.8. The van der Waals surface area contributed by atoms with Crippen molar-refractivity contribution in [3.05, 3.63) is 38.3 Å². The Morgan fingerprint density at radius 2 is 2.30 bits per heavy atom. The zero-order valence-corrected chi connectivity index (χ0v) is 12.7. The lowest BCUT2D eigenvalue weighted by Gasteiger charge is -2.36. The van der Waals surface area contributed by atoms with Gasteiger partial charge in [0.2, 0.25) is 0 Å². The average molecular weight is 345 g/mol. The number of morpholine rings is 1. The molecule has 0 aliphatic carbocycles. The van der Waals surface area contributed by atoms with Crippen molar-refractivity contribution in [3.63, 3.8) is 0 Å². The predicted molar refractivity (Wildman–Crippen MR) is 77.5 cm³/mol. The van der Waals surface area contributed by atoms with Gasteiger partial charge in [0.15, 0.2) is 0 Å². The van der Waals surface area contributed by atoms with Crippen LogP contribution in [-0.2, 0) is 11.3 Å². The second-order valence-corrected chi connectivity index (χ2v) is 5.84. The molecule has 20 heavy (non-hydrogen) atoms. The highest BCUT2D eigenvalue weighted by Gasteiger charge is 2.25. The summed E-state index contributed by atoms with van der Waals surface area (Å²) in [7, 11) is 0. The van der Waals surface area contributed by atoms with Gasteiger partial charge in [-0.2, -0.15) is 0 Å². The van der Waals surface area contributed by atoms with Crippen molar-refractivity contribution in [2.75, 3.05) is 19.7 Å². The first kappa shape index (κ1) is 15.4. The summed E-state index contributed by atoms with van der Waals surface area (Å²) in [6, 6.07) is 5.14. The minimum atomic E-state index is -0.397. The Balaban J connectivity index is 2.09. The van der Waals surface area contributed by atoms with Crippen LogP contribution in [0.2, 0.25) is 0 Å². The largest absolute Gasteiger partial charge is 0.394 e. The summed E-state index contributed by atoms with van der Waals surface area (Å²) < 4.78 is 6.06. The van der Waals surface area contributed by atoms with Gasteiger partial charge in [-0.15, -0.1) is 0 Å². The van der Waals surface area contributed by atoms with Crippen molar-refractivity contribution in [1.29, 1.82) is 0 Å². The summed E-state index contributed by atoms with van der Waals surface area (Å²) in [5, 5.41) is 20.1. The van der Waals surface area contributed by atoms with Crippen LogP contribution in [0.25, 0.3) is 0 Å². The molecular formula is C13H17BrN2O4. The Morgan fingerprint density at radius 3 is 2.95 bits per heavy atom. The van der Waals surface area contributed by atoms with Crippen molar-refractivity contribution in [2.45, 2.75) is 25.7 Å². The van der Waals surface area contributed by atoms with E-state index in [1.165, 1.54) is 0 Å². The van der Waals surface area contributed by atoms with E-state index in [0.29, 0.717) is 17.6 Å². The standard InChI is InChI=1S/C13H17BrN2O4/c1-9-5-15(7-11(8-17)20-9)6-10-2-3-12(14)13(4-10)16(18)19/h2-4,9,11,17H,5-8H2,1H3. The number of halogens is 1. The number of nitro benzene ring substituents is 1. The number of ether oxygens (including phenoxy) is 1. The summed E-state index contributed by atoms with van der Waals surface area (Å²) in [5.74, 6) is 0. The maximum Gasteiger partial charge on any atom is 0.283 e. The Hall–Kier alpha value is -1.02. The molecule has 0 radical (unpaired) electrons. The first-order valence-corrected chi connectivity index (χ1v) is 7.20. The molecule has 0 bridgehead atoms. The van der Waals surface area contributed by atoms with Crippen LogP contribution in [0.1, 0.15) is 12.5 Å². The van der Waals surface area contributed by atoms with Gasteiger partial charge in [0.05, 0.1) is 28.2 Å². The molecule has 1 aliphatic rings. The van der Waals surface area contributed by atoms with Crippen LogP contribution in [0.15, 0.2) is 22.7 Å². The van der Waals surface area contributed by atoms with E-state index in [9.17, 15) is 15.2 Å². The molecule has 1 fully saturated rings. The molecule has 2 rings (SSSR count). The Morgan fingerprint density at radius 1 is 1.55 bits per heavy atom. The quantitative estimate of drug-likeness (QED) is 0.667. The van der Waals surface area contributed by atoms with Crippen molar-refractivity contribution in [1.82, 2.24) is 4.90 Å². The molecular weight excluding hydrogens is 328 g/mol. The van der Waals surface area contributed by atoms with Gasteiger partial charge in [0.25, 0.3) is 5.69 Å². The van der Waals surface area contributed by atoms with Crippen LogP contribution in [0.5, 0.6) is 0 Å². The zero-order chi connectivity index (χ0) is 14.7. The van der Waals surface area contributed by atoms with Crippen molar-refractivity contribution < 1.29 is 14.8 Å². The lowest BCUT2D eigenvalue weighted by atomic mass is 10.1. The molecule has 6 nitrogen and oxygen atoms in total. The van der Waals surface area contributed by atoms with Crippen molar-refractivity contribution in [2.24, 2.45) is 0 Å². The van der Waals surface area contributed by atoms with Crippen LogP contribution in [0, 0.1) is 10.1 Å². The lowest BCUT2D eigenvalue weighted by Crippen LogP contribution is -2.47. The highest BCUT2D eigenvalue weighted by molar-refractivity contribution is 9.10. The fourth-order valence-electron chi connectivity index (χ4n) is 2.43. The topological polar surface area (TPSA) is 75.8 Å². The van der Waals surface area contributed by atoms with Crippen LogP contribution in [-0.4, -0.2) is 46.8 Å². The molecule has 1 saturated heterocycles. The van der Waals surface area contributed by atoms with E-state index in [4.69, 9.17) is 4.74 Å². The molecule has 0 aromatic heterocycles. The number of rotatable bonds is 4. The van der Waals surface area contributed by atoms with Crippen LogP contribution in [0.3, 0.4) is 0 Å². The first-order chi connectivity index (χ1) is 9.49. The monoisotopic (exact) mass is 344 g/mol. The second kappa shape index (κ2) is 6.62. The van der Waals surface area contributed by atoms with E-state index in [2.05, 4.69) is 20.8 Å². The van der Waals surface area contributed by atoms with E-state index >= 15 is 0 Å². The smallest absolute Gasteiger partial charge is 0.283 e. The van der Waals surface area contributed by atoms with Crippen LogP contribution in [0.4, 0.5) is 5.69 Å². The number of hydrogen-bond acceptors (Lipinski definition) is 5. The summed E-state index contributed by atoms with van der Waals surface area (Å²) in [6.07, 6.45) is -0.143. The highest BCUT2D eigenvalue weighted by atomic mass is 79.9. The molecule has 1 heterocycles. The van der Waals surface area contributed by atoms with E-state index in [1.54, 1.807) is 12.1 Å². The first-order valence-electron chi connectivity index (χ1n) is 6.41. The van der Waals surface area contributed by atoms with Gasteiger partial charge < -0.3 is 9.84 Å². The fourth-order valence-corrected chi connectivity index (χ4v) is 2.82. The molecule has 1 aromatic carbocycles. The number of aliphatic hydroxyl groups is 1. The van der Waals surface area contributed by atoms with E-state index in [1.807, 2.05) is 13.0 Å². The number of benzene rings is 1. The minimum Gasteiger partial charge on any atom is -0.394 e. The molecule has 1 N–H and O–H groups in total. The number of aliphatic hydroxyl groups excluding tert-OH is 1. The Bertz CT molecular complexity index is 497. The van der Waals surface area contributed by atoms with Crippen molar-refractivity contribution in [3.8, 4) is 0 Å². The molecule has 2 atom stereocenters. The van der Waals surface area contributed by atoms with Gasteiger partial charge in [-0.25, -0.2) is 0 Å². The Labute approximate surface area is 125 Å². The predicted octanol–water partition coefficient (Wildman–Crippen LogP) is 1.94. The molecule has 0 saturated carbocycles. The second-order valence-electron chi connectivity index (χ2n) is 4.99. The van der Waals surface area contributed by atoms with Crippen LogP contribution < -0.4 is 0 Å². The Kier molecular flexibility index (Phi) is 5.09. The third-order valence-electron chi connectivity index (χ3n) is 3.22. The summed E-state index contributed by atoms with van der Waals surface area (Å²) in [5.41, 5.74) is 0.952. The molecule has 0 spiro atoms. The third kappa shape index (κ3) is 3.76. The SMILES string of the molecule is CC1CN(Cc2ccc(Br)c([N+](=O)[O-])c2)CC(CO)O1. The highest BCUT2D eigenvalue weighted by Crippen LogP contribution is 2.26. The molecule has 2 unspecified atom stereocenters. The van der Waals surface area contributed by atoms with Gasteiger partial charge in [-0.05, 0) is 34.5 Å².